The van der Waals surface area contributed by atoms with E-state index in [0.717, 1.165) is 75.5 Å². The third-order valence-corrected chi connectivity index (χ3v) is 9.11. The zero-order valence-electron chi connectivity index (χ0n) is 21.3. The number of nitrogens with one attached hydrogen (secondary N) is 2. The molecule has 4 aromatic rings. The molecule has 2 bridgehead atoms. The van der Waals surface area contributed by atoms with Crippen LogP contribution in [0.15, 0.2) is 54.0 Å². The van der Waals surface area contributed by atoms with Gasteiger partial charge in [0.25, 0.3) is 5.91 Å². The summed E-state index contributed by atoms with van der Waals surface area (Å²) in [4.78, 5) is 25.6. The molecule has 1 amide bonds. The van der Waals surface area contributed by atoms with E-state index in [1.807, 2.05) is 25.4 Å². The molecule has 7 rings (SSSR count). The Labute approximate surface area is 221 Å². The fraction of sp³-hybridized carbons (Fsp3) is 0.367. The van der Waals surface area contributed by atoms with Crippen LogP contribution in [0, 0.1) is 13.8 Å². The highest BCUT2D eigenvalue weighted by molar-refractivity contribution is 7.13. The monoisotopic (exact) mass is 509 g/mol. The van der Waals surface area contributed by atoms with Crippen LogP contribution in [-0.2, 0) is 5.54 Å². The van der Waals surface area contributed by atoms with Crippen molar-refractivity contribution in [3.63, 3.8) is 0 Å². The van der Waals surface area contributed by atoms with Crippen molar-refractivity contribution in [1.82, 2.24) is 20.6 Å². The number of hydrogen-bond acceptors (Lipinski definition) is 6. The van der Waals surface area contributed by atoms with Crippen LogP contribution in [0.25, 0.3) is 21.5 Å². The van der Waals surface area contributed by atoms with E-state index < -0.39 is 0 Å². The first-order chi connectivity index (χ1) is 18.0. The van der Waals surface area contributed by atoms with Gasteiger partial charge in [-0.2, -0.15) is 0 Å². The first kappa shape index (κ1) is 22.9. The molecule has 7 heteroatoms. The number of nitrogens with zero attached hydrogens (tertiary/aromatic N) is 3. The van der Waals surface area contributed by atoms with Gasteiger partial charge in [-0.05, 0) is 81.0 Å². The van der Waals surface area contributed by atoms with Gasteiger partial charge in [0.2, 0.25) is 0 Å². The van der Waals surface area contributed by atoms with Crippen molar-refractivity contribution in [3.05, 3.63) is 76.4 Å². The quantitative estimate of drug-likeness (QED) is 0.380. The third-order valence-electron chi connectivity index (χ3n) is 8.29. The summed E-state index contributed by atoms with van der Waals surface area (Å²) in [7, 11) is 0. The van der Waals surface area contributed by atoms with Crippen LogP contribution < -0.4 is 15.5 Å². The number of anilines is 1. The Hall–Kier alpha value is -3.29. The maximum Gasteiger partial charge on any atom is 0.252 e. The highest BCUT2D eigenvalue weighted by Gasteiger charge is 2.47. The second kappa shape index (κ2) is 8.64. The molecule has 1 aliphatic carbocycles. The van der Waals surface area contributed by atoms with Crippen molar-refractivity contribution in [2.24, 2.45) is 0 Å². The van der Waals surface area contributed by atoms with Crippen molar-refractivity contribution < 1.29 is 4.79 Å². The number of pyridine rings is 1. The van der Waals surface area contributed by atoms with Gasteiger partial charge in [0.15, 0.2) is 0 Å². The summed E-state index contributed by atoms with van der Waals surface area (Å²) in [6.45, 7) is 6.06. The number of fused-ring (bicyclic) bond motifs is 3. The van der Waals surface area contributed by atoms with Gasteiger partial charge in [0.05, 0.1) is 11.1 Å². The lowest BCUT2D eigenvalue weighted by molar-refractivity contribution is 0.0930. The molecular weight excluding hydrogens is 478 g/mol. The molecule has 2 N–H and O–H groups in total. The van der Waals surface area contributed by atoms with Crippen molar-refractivity contribution in [3.8, 4) is 10.6 Å². The number of piperazine rings is 1. The van der Waals surface area contributed by atoms with E-state index in [0.29, 0.717) is 12.1 Å². The van der Waals surface area contributed by atoms with Gasteiger partial charge in [0, 0.05) is 64.6 Å². The number of thiazole rings is 1. The Morgan fingerprint density at radius 2 is 1.89 bits per heavy atom. The van der Waals surface area contributed by atoms with Crippen LogP contribution in [0.4, 0.5) is 5.69 Å². The standard InChI is InChI=1S/C30H31N5OS/c1-18-3-7-23(35-16-21-5-6-22(17-35)33-21)15-25(18)28(36)34-30(9-10-30)26-13-20(29-31-11-12-37-29)14-27-24(26)8-4-19(2)32-27/h3-4,7-8,11-15,21-22,33H,5-6,9-10,16-17H2,1-2H3,(H,34,36). The van der Waals surface area contributed by atoms with Gasteiger partial charge in [0.1, 0.15) is 5.01 Å². The predicted octanol–water partition coefficient (Wildman–Crippen LogP) is 5.33. The molecule has 4 heterocycles. The summed E-state index contributed by atoms with van der Waals surface area (Å²) in [6.07, 6.45) is 6.16. The fourth-order valence-electron chi connectivity index (χ4n) is 6.15. The number of hydrogen-bond donors (Lipinski definition) is 2. The van der Waals surface area contributed by atoms with Crippen LogP contribution in [0.3, 0.4) is 0 Å². The SMILES string of the molecule is Cc1ccc2c(C3(NC(=O)c4cc(N5CC6CCC(C5)N6)ccc4C)CC3)cc(-c3nccs3)cc2n1. The molecule has 2 saturated heterocycles. The number of aromatic nitrogens is 2. The predicted molar refractivity (Wildman–Crippen MR) is 149 cm³/mol. The maximum atomic E-state index is 13.8. The minimum atomic E-state index is -0.379. The molecule has 2 aromatic carbocycles. The zero-order valence-corrected chi connectivity index (χ0v) is 22.1. The molecule has 2 aliphatic heterocycles. The highest BCUT2D eigenvalue weighted by atomic mass is 32.1. The number of carbonyl (C=O) groups is 1. The minimum absolute atomic E-state index is 0.00262. The summed E-state index contributed by atoms with van der Waals surface area (Å²) in [5, 5.41) is 11.2. The highest BCUT2D eigenvalue weighted by Crippen LogP contribution is 2.49. The average molecular weight is 510 g/mol. The molecule has 2 aromatic heterocycles. The minimum Gasteiger partial charge on any atom is -0.368 e. The summed E-state index contributed by atoms with van der Waals surface area (Å²) in [5.74, 6) is 0.00262. The summed E-state index contributed by atoms with van der Waals surface area (Å²) >= 11 is 1.63. The summed E-state index contributed by atoms with van der Waals surface area (Å²) in [5.41, 5.74) is 6.68. The van der Waals surface area contributed by atoms with Gasteiger partial charge in [-0.3, -0.25) is 9.78 Å². The Kier molecular flexibility index (Phi) is 5.34. The molecule has 37 heavy (non-hydrogen) atoms. The molecule has 3 fully saturated rings. The fourth-order valence-corrected chi connectivity index (χ4v) is 6.78. The molecular formula is C30H31N5OS. The number of amides is 1. The van der Waals surface area contributed by atoms with E-state index in [1.54, 1.807) is 11.3 Å². The van der Waals surface area contributed by atoms with Gasteiger partial charge in [-0.15, -0.1) is 11.3 Å². The van der Waals surface area contributed by atoms with Crippen molar-refractivity contribution >= 4 is 33.8 Å². The topological polar surface area (TPSA) is 70.2 Å². The van der Waals surface area contributed by atoms with E-state index in [1.165, 1.54) is 12.8 Å². The van der Waals surface area contributed by atoms with Crippen molar-refractivity contribution in [2.75, 3.05) is 18.0 Å². The molecule has 0 radical (unpaired) electrons. The first-order valence-electron chi connectivity index (χ1n) is 13.2. The van der Waals surface area contributed by atoms with Gasteiger partial charge in [-0.25, -0.2) is 4.98 Å². The Bertz CT molecular complexity index is 1500. The van der Waals surface area contributed by atoms with Crippen LogP contribution in [0.1, 0.15) is 52.9 Å². The van der Waals surface area contributed by atoms with Gasteiger partial charge in [-0.1, -0.05) is 12.1 Å². The van der Waals surface area contributed by atoms with E-state index in [2.05, 4.69) is 63.0 Å². The van der Waals surface area contributed by atoms with Crippen molar-refractivity contribution in [2.45, 2.75) is 57.2 Å². The lowest BCUT2D eigenvalue weighted by Crippen LogP contribution is -2.51. The Morgan fingerprint density at radius 1 is 1.08 bits per heavy atom. The normalized spacial score (nSPS) is 21.8. The molecule has 2 atom stereocenters. The summed E-state index contributed by atoms with van der Waals surface area (Å²) in [6, 6.07) is 16.0. The lowest BCUT2D eigenvalue weighted by Gasteiger charge is -2.35. The van der Waals surface area contributed by atoms with Crippen LogP contribution in [0.2, 0.25) is 0 Å². The second-order valence-electron chi connectivity index (χ2n) is 11.0. The van der Waals surface area contributed by atoms with E-state index in [4.69, 9.17) is 4.98 Å². The Balaban J connectivity index is 1.23. The van der Waals surface area contributed by atoms with Gasteiger partial charge < -0.3 is 15.5 Å². The molecule has 2 unspecified atom stereocenters. The molecule has 188 valence electrons. The molecule has 6 nitrogen and oxygen atoms in total. The van der Waals surface area contributed by atoms with Crippen LogP contribution >= 0.6 is 11.3 Å². The van der Waals surface area contributed by atoms with E-state index >= 15 is 0 Å². The number of carbonyl (C=O) groups excluding carboxylic acids is 1. The zero-order chi connectivity index (χ0) is 25.1. The number of aryl methyl sites for hydroxylation is 2. The summed E-state index contributed by atoms with van der Waals surface area (Å²) < 4.78 is 0. The van der Waals surface area contributed by atoms with E-state index in [-0.39, 0.29) is 11.4 Å². The number of rotatable bonds is 5. The maximum absolute atomic E-state index is 13.8. The molecule has 3 aliphatic rings. The van der Waals surface area contributed by atoms with Gasteiger partial charge >= 0.3 is 0 Å². The molecule has 1 saturated carbocycles. The second-order valence-corrected chi connectivity index (χ2v) is 11.9. The average Bonchev–Trinajstić information content (AvgIpc) is 3.30. The van der Waals surface area contributed by atoms with E-state index in [9.17, 15) is 4.79 Å². The number of benzene rings is 2. The van der Waals surface area contributed by atoms with Crippen LogP contribution in [0.5, 0.6) is 0 Å². The molecule has 0 spiro atoms. The Morgan fingerprint density at radius 3 is 2.62 bits per heavy atom. The van der Waals surface area contributed by atoms with Crippen molar-refractivity contribution in [1.29, 1.82) is 0 Å². The first-order valence-corrected chi connectivity index (χ1v) is 14.1. The largest absolute Gasteiger partial charge is 0.368 e. The lowest BCUT2D eigenvalue weighted by atomic mass is 9.95. The smallest absolute Gasteiger partial charge is 0.252 e. The third kappa shape index (κ3) is 4.10. The van der Waals surface area contributed by atoms with Crippen LogP contribution in [-0.4, -0.2) is 41.0 Å².